The minimum atomic E-state index is -2.57. The maximum atomic E-state index is 12.8. The third-order valence-corrected chi connectivity index (χ3v) is 3.03. The van der Waals surface area contributed by atoms with E-state index in [1.807, 2.05) is 6.92 Å². The van der Waals surface area contributed by atoms with E-state index in [0.29, 0.717) is 23.7 Å². The fourth-order valence-electron chi connectivity index (χ4n) is 1.63. The Morgan fingerprint density at radius 2 is 1.95 bits per heavy atom. The third kappa shape index (κ3) is 3.45. The molecule has 20 heavy (non-hydrogen) atoms. The van der Waals surface area contributed by atoms with Crippen LogP contribution in [0.2, 0.25) is 0 Å². The second-order valence-electron chi connectivity index (χ2n) is 4.17. The molecule has 0 saturated heterocycles. The number of rotatable bonds is 5. The first-order valence-electron chi connectivity index (χ1n) is 6.18. The van der Waals surface area contributed by atoms with E-state index in [4.69, 9.17) is 4.74 Å². The number of aromatic nitrogens is 2. The summed E-state index contributed by atoms with van der Waals surface area (Å²) in [6.07, 6.45) is 1.39. The minimum Gasteiger partial charge on any atom is -0.490 e. The summed E-state index contributed by atoms with van der Waals surface area (Å²) >= 11 is 4.01. The van der Waals surface area contributed by atoms with Crippen molar-refractivity contribution in [2.24, 2.45) is 0 Å². The van der Waals surface area contributed by atoms with Gasteiger partial charge in [-0.2, -0.15) is 0 Å². The molecular formula is C14H14F2N2OS. The van der Waals surface area contributed by atoms with Crippen LogP contribution in [0.25, 0.3) is 11.4 Å². The highest BCUT2D eigenvalue weighted by atomic mass is 32.1. The number of thiol groups is 1. The molecule has 1 heterocycles. The Hall–Kier alpha value is -1.69. The number of ether oxygens (including phenoxy) is 1. The predicted octanol–water partition coefficient (Wildman–Crippen LogP) is 4.16. The second-order valence-corrected chi connectivity index (χ2v) is 4.65. The topological polar surface area (TPSA) is 35.0 Å². The predicted molar refractivity (Wildman–Crippen MR) is 75.5 cm³/mol. The molecule has 0 saturated carbocycles. The van der Waals surface area contributed by atoms with Gasteiger partial charge < -0.3 is 4.74 Å². The van der Waals surface area contributed by atoms with Crippen LogP contribution in [0.1, 0.15) is 25.3 Å². The van der Waals surface area contributed by atoms with Crippen LogP contribution in [0.5, 0.6) is 5.75 Å². The number of hydrogen-bond donors (Lipinski definition) is 1. The summed E-state index contributed by atoms with van der Waals surface area (Å²) in [7, 11) is 0. The lowest BCUT2D eigenvalue weighted by Gasteiger charge is -2.07. The Kier molecular flexibility index (Phi) is 4.89. The fraction of sp³-hybridized carbons (Fsp3) is 0.286. The third-order valence-electron chi connectivity index (χ3n) is 2.62. The van der Waals surface area contributed by atoms with Gasteiger partial charge in [0.25, 0.3) is 6.43 Å². The summed E-state index contributed by atoms with van der Waals surface area (Å²) in [4.78, 5) is 8.51. The quantitative estimate of drug-likeness (QED) is 0.841. The van der Waals surface area contributed by atoms with Crippen LogP contribution >= 0.6 is 12.6 Å². The zero-order valence-corrected chi connectivity index (χ0v) is 11.8. The van der Waals surface area contributed by atoms with Gasteiger partial charge in [0.2, 0.25) is 0 Å². The summed E-state index contributed by atoms with van der Waals surface area (Å²) < 4.78 is 31.0. The molecule has 0 atom stereocenters. The van der Waals surface area contributed by atoms with E-state index in [2.05, 4.69) is 22.6 Å². The highest BCUT2D eigenvalue weighted by Gasteiger charge is 2.13. The summed E-state index contributed by atoms with van der Waals surface area (Å²) in [6.45, 7) is 2.59. The lowest BCUT2D eigenvalue weighted by Crippen LogP contribution is -1.97. The number of halogens is 2. The Morgan fingerprint density at radius 1 is 1.25 bits per heavy atom. The number of benzene rings is 1. The van der Waals surface area contributed by atoms with Crippen LogP contribution in [0, 0.1) is 0 Å². The van der Waals surface area contributed by atoms with E-state index in [0.717, 1.165) is 6.42 Å². The smallest absolute Gasteiger partial charge is 0.264 e. The van der Waals surface area contributed by atoms with Crippen LogP contribution < -0.4 is 4.74 Å². The standard InChI is InChI=1S/C14H14F2N2OS/c1-2-5-19-10-7-17-14(18-8-10)9-3-4-12(20)11(6-9)13(15)16/h3-4,6-8,13,20H,2,5H2,1H3. The zero-order chi connectivity index (χ0) is 14.5. The normalized spacial score (nSPS) is 10.8. The molecule has 106 valence electrons. The molecule has 2 rings (SSSR count). The number of alkyl halides is 2. The summed E-state index contributed by atoms with van der Waals surface area (Å²) in [5, 5.41) is 0. The monoisotopic (exact) mass is 296 g/mol. The van der Waals surface area contributed by atoms with Crippen molar-refractivity contribution in [1.82, 2.24) is 9.97 Å². The van der Waals surface area contributed by atoms with Crippen molar-refractivity contribution in [2.75, 3.05) is 6.61 Å². The molecule has 0 fully saturated rings. The molecule has 6 heteroatoms. The first-order valence-corrected chi connectivity index (χ1v) is 6.62. The Bertz CT molecular complexity index is 576. The SMILES string of the molecule is CCCOc1cnc(-c2ccc(S)c(C(F)F)c2)nc1. The van der Waals surface area contributed by atoms with Crippen molar-refractivity contribution in [3.05, 3.63) is 36.2 Å². The van der Waals surface area contributed by atoms with Crippen molar-refractivity contribution in [1.29, 1.82) is 0 Å². The van der Waals surface area contributed by atoms with Gasteiger partial charge in [-0.15, -0.1) is 12.6 Å². The van der Waals surface area contributed by atoms with Gasteiger partial charge in [0.1, 0.15) is 0 Å². The molecule has 0 aliphatic carbocycles. The molecule has 0 spiro atoms. The summed E-state index contributed by atoms with van der Waals surface area (Å²) in [5.41, 5.74) is 0.404. The zero-order valence-electron chi connectivity index (χ0n) is 10.9. The van der Waals surface area contributed by atoms with Crippen molar-refractivity contribution < 1.29 is 13.5 Å². The van der Waals surface area contributed by atoms with Crippen LogP contribution in [0.15, 0.2) is 35.5 Å². The minimum absolute atomic E-state index is 0.124. The average molecular weight is 296 g/mol. The fourth-order valence-corrected chi connectivity index (χ4v) is 1.86. The van der Waals surface area contributed by atoms with E-state index in [1.54, 1.807) is 6.07 Å². The van der Waals surface area contributed by atoms with Crippen LogP contribution in [0.4, 0.5) is 8.78 Å². The Morgan fingerprint density at radius 3 is 2.55 bits per heavy atom. The second kappa shape index (κ2) is 6.65. The molecular weight excluding hydrogens is 282 g/mol. The molecule has 1 aromatic heterocycles. The van der Waals surface area contributed by atoms with Gasteiger partial charge in [-0.25, -0.2) is 18.7 Å². The van der Waals surface area contributed by atoms with Crippen LogP contribution in [-0.2, 0) is 0 Å². The lowest BCUT2D eigenvalue weighted by atomic mass is 10.1. The molecule has 0 bridgehead atoms. The van der Waals surface area contributed by atoms with E-state index < -0.39 is 6.43 Å². The van der Waals surface area contributed by atoms with Crippen molar-refractivity contribution in [3.8, 4) is 17.1 Å². The van der Waals surface area contributed by atoms with Gasteiger partial charge in [0, 0.05) is 16.0 Å². The summed E-state index contributed by atoms with van der Waals surface area (Å²) in [6, 6.07) is 4.54. The van der Waals surface area contributed by atoms with E-state index in [-0.39, 0.29) is 10.5 Å². The molecule has 0 aliphatic heterocycles. The lowest BCUT2D eigenvalue weighted by molar-refractivity contribution is 0.148. The van der Waals surface area contributed by atoms with E-state index in [1.165, 1.54) is 24.5 Å². The van der Waals surface area contributed by atoms with E-state index >= 15 is 0 Å². The number of nitrogens with zero attached hydrogens (tertiary/aromatic N) is 2. The van der Waals surface area contributed by atoms with Gasteiger partial charge in [-0.3, -0.25) is 0 Å². The van der Waals surface area contributed by atoms with Crippen molar-refractivity contribution in [3.63, 3.8) is 0 Å². The summed E-state index contributed by atoms with van der Waals surface area (Å²) in [5.74, 6) is 0.944. The van der Waals surface area contributed by atoms with Gasteiger partial charge in [-0.1, -0.05) is 13.0 Å². The number of hydrogen-bond acceptors (Lipinski definition) is 4. The van der Waals surface area contributed by atoms with E-state index in [9.17, 15) is 8.78 Å². The van der Waals surface area contributed by atoms with Gasteiger partial charge in [-0.05, 0) is 18.6 Å². The van der Waals surface area contributed by atoms with Gasteiger partial charge in [0.15, 0.2) is 11.6 Å². The van der Waals surface area contributed by atoms with Gasteiger partial charge in [0.05, 0.1) is 19.0 Å². The molecule has 3 nitrogen and oxygen atoms in total. The Labute approximate surface area is 121 Å². The largest absolute Gasteiger partial charge is 0.490 e. The highest BCUT2D eigenvalue weighted by Crippen LogP contribution is 2.29. The van der Waals surface area contributed by atoms with Crippen LogP contribution in [-0.4, -0.2) is 16.6 Å². The molecule has 2 aromatic rings. The van der Waals surface area contributed by atoms with Gasteiger partial charge >= 0.3 is 0 Å². The van der Waals surface area contributed by atoms with Crippen molar-refractivity contribution in [2.45, 2.75) is 24.7 Å². The average Bonchev–Trinajstić information content (AvgIpc) is 2.46. The van der Waals surface area contributed by atoms with Crippen LogP contribution in [0.3, 0.4) is 0 Å². The maximum Gasteiger partial charge on any atom is 0.264 e. The molecule has 0 aliphatic rings. The molecule has 1 aromatic carbocycles. The first kappa shape index (κ1) is 14.7. The van der Waals surface area contributed by atoms with Crippen molar-refractivity contribution >= 4 is 12.6 Å². The molecule has 0 unspecified atom stereocenters. The first-order chi connectivity index (χ1) is 9.61. The Balaban J connectivity index is 2.25. The highest BCUT2D eigenvalue weighted by molar-refractivity contribution is 7.80. The molecule has 0 radical (unpaired) electrons. The maximum absolute atomic E-state index is 12.8. The molecule has 0 amide bonds. The molecule has 0 N–H and O–H groups in total.